The summed E-state index contributed by atoms with van der Waals surface area (Å²) in [5.41, 5.74) is 6.19. The Morgan fingerprint density at radius 3 is 2.64 bits per heavy atom. The first-order chi connectivity index (χ1) is 17.5. The third-order valence-electron chi connectivity index (χ3n) is 6.95. The molecule has 3 heterocycles. The highest BCUT2D eigenvalue weighted by Crippen LogP contribution is 2.45. The first-order valence-corrected chi connectivity index (χ1v) is 12.2. The van der Waals surface area contributed by atoms with Gasteiger partial charge in [0, 0.05) is 34.6 Å². The molecule has 5 rings (SSSR count). The molecule has 7 nitrogen and oxygen atoms in total. The molecule has 0 aliphatic carbocycles. The van der Waals surface area contributed by atoms with Crippen LogP contribution in [0.3, 0.4) is 0 Å². The molecule has 0 bridgehead atoms. The maximum atomic E-state index is 12.1. The van der Waals surface area contributed by atoms with Crippen molar-refractivity contribution < 1.29 is 9.90 Å². The quantitative estimate of drug-likeness (QED) is 0.318. The molecule has 182 valence electrons. The van der Waals surface area contributed by atoms with Crippen LogP contribution in [0, 0.1) is 11.8 Å². The molecule has 1 aliphatic rings. The van der Waals surface area contributed by atoms with Gasteiger partial charge in [0.05, 0.1) is 23.1 Å². The zero-order valence-corrected chi connectivity index (χ0v) is 20.9. The summed E-state index contributed by atoms with van der Waals surface area (Å²) in [7, 11) is 4.12. The maximum Gasteiger partial charge on any atom is 0.156 e. The number of imidazole rings is 1. The minimum atomic E-state index is -0.665. The van der Waals surface area contributed by atoms with Crippen LogP contribution in [0.5, 0.6) is 0 Å². The molecule has 36 heavy (non-hydrogen) atoms. The molecule has 7 heteroatoms. The molecule has 0 spiro atoms. The van der Waals surface area contributed by atoms with E-state index in [-0.39, 0.29) is 12.1 Å². The van der Waals surface area contributed by atoms with Crippen molar-refractivity contribution in [1.29, 1.82) is 0 Å². The standard InChI is InChI=1S/C29H29N5O2/c1-5-8-18-9-7-10-20(17-35)27(18)24-14-25(33(3)4)29-32-22-12-11-19(13-23(22)34(24)29)21-15-30-28(31-16-21)26(36)6-2/h7,9-13,15-17,24-26,36H,6,14H2,1-4H3. The average Bonchev–Trinajstić information content (AvgIpc) is 3.45. The highest BCUT2D eigenvalue weighted by atomic mass is 16.3. The van der Waals surface area contributed by atoms with Crippen LogP contribution in [0.4, 0.5) is 0 Å². The molecular formula is C29H29N5O2. The number of carbonyl (C=O) groups is 1. The van der Waals surface area contributed by atoms with Crippen LogP contribution in [0.1, 0.15) is 78.0 Å². The highest BCUT2D eigenvalue weighted by Gasteiger charge is 2.38. The monoisotopic (exact) mass is 479 g/mol. The van der Waals surface area contributed by atoms with Gasteiger partial charge in [-0.3, -0.25) is 9.69 Å². The van der Waals surface area contributed by atoms with E-state index >= 15 is 0 Å². The van der Waals surface area contributed by atoms with Crippen molar-refractivity contribution in [2.75, 3.05) is 14.1 Å². The summed E-state index contributed by atoms with van der Waals surface area (Å²) in [6.07, 6.45) is 5.12. The first-order valence-electron chi connectivity index (χ1n) is 12.2. The van der Waals surface area contributed by atoms with Gasteiger partial charge in [-0.1, -0.05) is 31.0 Å². The zero-order chi connectivity index (χ0) is 25.4. The molecule has 1 N–H and O–H groups in total. The van der Waals surface area contributed by atoms with Gasteiger partial charge in [-0.25, -0.2) is 15.0 Å². The number of aliphatic hydroxyl groups excluding tert-OH is 1. The number of aromatic nitrogens is 4. The van der Waals surface area contributed by atoms with E-state index in [1.54, 1.807) is 12.4 Å². The molecule has 0 radical (unpaired) electrons. The molecule has 4 aromatic rings. The molecule has 2 aromatic heterocycles. The van der Waals surface area contributed by atoms with Crippen LogP contribution in [-0.4, -0.2) is 49.9 Å². The molecule has 3 atom stereocenters. The normalized spacial score (nSPS) is 17.6. The lowest BCUT2D eigenvalue weighted by Crippen LogP contribution is -2.18. The Morgan fingerprint density at radius 2 is 1.97 bits per heavy atom. The molecule has 1 aliphatic heterocycles. The summed E-state index contributed by atoms with van der Waals surface area (Å²) in [5, 5.41) is 10.0. The van der Waals surface area contributed by atoms with Crippen LogP contribution in [0.15, 0.2) is 48.8 Å². The predicted octanol–water partition coefficient (Wildman–Crippen LogP) is 4.72. The van der Waals surface area contributed by atoms with Gasteiger partial charge in [0.1, 0.15) is 18.2 Å². The van der Waals surface area contributed by atoms with Crippen LogP contribution in [0.2, 0.25) is 0 Å². The van der Waals surface area contributed by atoms with Crippen LogP contribution < -0.4 is 0 Å². The Labute approximate surface area is 210 Å². The smallest absolute Gasteiger partial charge is 0.156 e. The predicted molar refractivity (Wildman–Crippen MR) is 140 cm³/mol. The minimum Gasteiger partial charge on any atom is -0.385 e. The molecule has 0 fully saturated rings. The SMILES string of the molecule is CC#Cc1cccc(C=O)c1C1CC(N(C)C)c2nc3ccc(-c4cnc(C(O)CC)nc4)cc3n21. The molecule has 0 amide bonds. The Morgan fingerprint density at radius 1 is 1.19 bits per heavy atom. The molecule has 0 saturated carbocycles. The van der Waals surface area contributed by atoms with E-state index in [0.29, 0.717) is 17.8 Å². The van der Waals surface area contributed by atoms with Gasteiger partial charge >= 0.3 is 0 Å². The number of aldehydes is 1. The Hall–Kier alpha value is -3.86. The van der Waals surface area contributed by atoms with Crippen molar-refractivity contribution in [3.8, 4) is 23.0 Å². The van der Waals surface area contributed by atoms with Crippen LogP contribution in [-0.2, 0) is 0 Å². The lowest BCUT2D eigenvalue weighted by molar-refractivity contribution is 0.112. The molecular weight excluding hydrogens is 450 g/mol. The fourth-order valence-corrected chi connectivity index (χ4v) is 5.11. The van der Waals surface area contributed by atoms with Crippen molar-refractivity contribution in [2.24, 2.45) is 0 Å². The van der Waals surface area contributed by atoms with E-state index in [2.05, 4.69) is 51.4 Å². The van der Waals surface area contributed by atoms with Gasteiger partial charge in [0.25, 0.3) is 0 Å². The second-order valence-electron chi connectivity index (χ2n) is 9.33. The number of carbonyl (C=O) groups excluding carboxylic acids is 1. The van der Waals surface area contributed by atoms with E-state index in [0.717, 1.165) is 51.8 Å². The highest BCUT2D eigenvalue weighted by molar-refractivity contribution is 5.84. The fraction of sp³-hybridized carbons (Fsp3) is 0.310. The fourth-order valence-electron chi connectivity index (χ4n) is 5.11. The summed E-state index contributed by atoms with van der Waals surface area (Å²) < 4.78 is 2.27. The average molecular weight is 480 g/mol. The van der Waals surface area contributed by atoms with E-state index in [4.69, 9.17) is 4.98 Å². The van der Waals surface area contributed by atoms with Gasteiger partial charge in [0.15, 0.2) is 5.82 Å². The van der Waals surface area contributed by atoms with Gasteiger partial charge in [-0.05, 0) is 57.6 Å². The summed E-state index contributed by atoms with van der Waals surface area (Å²) in [6.45, 7) is 3.71. The summed E-state index contributed by atoms with van der Waals surface area (Å²) in [4.78, 5) is 28.0. The summed E-state index contributed by atoms with van der Waals surface area (Å²) >= 11 is 0. The number of benzene rings is 2. The minimum absolute atomic E-state index is 0.0803. The molecule has 2 aromatic carbocycles. The van der Waals surface area contributed by atoms with Gasteiger partial charge in [-0.2, -0.15) is 0 Å². The van der Waals surface area contributed by atoms with Crippen LogP contribution >= 0.6 is 0 Å². The Kier molecular flexibility index (Phi) is 6.40. The van der Waals surface area contributed by atoms with E-state index in [1.165, 1.54) is 0 Å². The third kappa shape index (κ3) is 3.98. The number of rotatable bonds is 6. The topological polar surface area (TPSA) is 84.1 Å². The van der Waals surface area contributed by atoms with Crippen molar-refractivity contribution in [3.63, 3.8) is 0 Å². The van der Waals surface area contributed by atoms with Gasteiger partial charge in [-0.15, -0.1) is 5.92 Å². The Balaban J connectivity index is 1.69. The van der Waals surface area contributed by atoms with Crippen molar-refractivity contribution in [2.45, 2.75) is 44.9 Å². The van der Waals surface area contributed by atoms with E-state index in [1.807, 2.05) is 44.2 Å². The number of nitrogens with zero attached hydrogens (tertiary/aromatic N) is 5. The number of aliphatic hydroxyl groups is 1. The number of hydrogen-bond donors (Lipinski definition) is 1. The Bertz CT molecular complexity index is 1490. The van der Waals surface area contributed by atoms with Gasteiger partial charge in [0.2, 0.25) is 0 Å². The second-order valence-corrected chi connectivity index (χ2v) is 9.33. The maximum absolute atomic E-state index is 12.1. The van der Waals surface area contributed by atoms with Crippen molar-refractivity contribution in [1.82, 2.24) is 24.4 Å². The lowest BCUT2D eigenvalue weighted by Gasteiger charge is -2.21. The summed E-state index contributed by atoms with van der Waals surface area (Å²) in [6, 6.07) is 11.9. The second kappa shape index (κ2) is 9.65. The third-order valence-corrected chi connectivity index (χ3v) is 6.95. The molecule has 3 unspecified atom stereocenters. The van der Waals surface area contributed by atoms with Crippen molar-refractivity contribution >= 4 is 17.3 Å². The largest absolute Gasteiger partial charge is 0.385 e. The van der Waals surface area contributed by atoms with Crippen molar-refractivity contribution in [3.05, 3.63) is 77.1 Å². The van der Waals surface area contributed by atoms with E-state index < -0.39 is 6.10 Å². The zero-order valence-electron chi connectivity index (χ0n) is 20.9. The lowest BCUT2D eigenvalue weighted by atomic mass is 9.92. The van der Waals surface area contributed by atoms with E-state index in [9.17, 15) is 9.90 Å². The summed E-state index contributed by atoms with van der Waals surface area (Å²) in [5.74, 6) is 7.61. The molecule has 0 saturated heterocycles. The van der Waals surface area contributed by atoms with Gasteiger partial charge < -0.3 is 9.67 Å². The number of hydrogen-bond acceptors (Lipinski definition) is 6. The first kappa shape index (κ1) is 23.9. The number of fused-ring (bicyclic) bond motifs is 3. The van der Waals surface area contributed by atoms with Crippen LogP contribution in [0.25, 0.3) is 22.2 Å².